The van der Waals surface area contributed by atoms with Crippen LogP contribution >= 0.6 is 0 Å². The molecule has 1 unspecified atom stereocenters. The Morgan fingerprint density at radius 2 is 1.57 bits per heavy atom. The summed E-state index contributed by atoms with van der Waals surface area (Å²) in [6.45, 7) is 17.0. The molecule has 0 saturated heterocycles. The van der Waals surface area contributed by atoms with Gasteiger partial charge in [-0.1, -0.05) is 52.0 Å². The molecule has 0 amide bonds. The Balaban J connectivity index is 2.84. The Hall–Kier alpha value is -0.860. The van der Waals surface area contributed by atoms with Crippen molar-refractivity contribution in [1.82, 2.24) is 5.32 Å². The van der Waals surface area contributed by atoms with Crippen LogP contribution in [0.4, 0.5) is 0 Å². The van der Waals surface area contributed by atoms with Crippen molar-refractivity contribution in [3.63, 3.8) is 0 Å². The second-order valence-electron chi connectivity index (χ2n) is 7.30. The summed E-state index contributed by atoms with van der Waals surface area (Å²) in [6, 6.07) is 9.35. The maximum Gasteiger partial charge on any atom is 0.0781 e. The number of likely N-dealkylation sites (N-methyl/N-ethyl adjacent to an activating group) is 1. The Kier molecular flexibility index (Phi) is 6.42. The topological polar surface area (TPSA) is 21.3 Å². The van der Waals surface area contributed by atoms with Crippen LogP contribution in [-0.2, 0) is 16.6 Å². The molecule has 0 fully saturated rings. The number of hydrogen-bond donors (Lipinski definition) is 1. The van der Waals surface area contributed by atoms with Crippen LogP contribution in [0.15, 0.2) is 24.3 Å². The minimum Gasteiger partial charge on any atom is -0.374 e. The van der Waals surface area contributed by atoms with Crippen molar-refractivity contribution in [2.24, 2.45) is 0 Å². The molecule has 0 aliphatic rings. The van der Waals surface area contributed by atoms with E-state index in [1.807, 2.05) is 0 Å². The second kappa shape index (κ2) is 7.42. The van der Waals surface area contributed by atoms with E-state index in [2.05, 4.69) is 78.0 Å². The van der Waals surface area contributed by atoms with Crippen molar-refractivity contribution in [1.29, 1.82) is 0 Å². The van der Waals surface area contributed by atoms with Gasteiger partial charge in [0.05, 0.1) is 5.60 Å². The third kappa shape index (κ3) is 5.44. The van der Waals surface area contributed by atoms with Crippen molar-refractivity contribution < 1.29 is 4.74 Å². The Morgan fingerprint density at radius 1 is 1.00 bits per heavy atom. The largest absolute Gasteiger partial charge is 0.374 e. The zero-order valence-corrected chi connectivity index (χ0v) is 14.9. The molecule has 1 atom stereocenters. The van der Waals surface area contributed by atoms with Crippen molar-refractivity contribution >= 4 is 0 Å². The number of nitrogens with one attached hydrogen (secondary N) is 1. The van der Waals surface area contributed by atoms with E-state index in [4.69, 9.17) is 4.74 Å². The molecule has 0 bridgehead atoms. The fourth-order valence-corrected chi connectivity index (χ4v) is 2.66. The predicted molar refractivity (Wildman–Crippen MR) is 92.0 cm³/mol. The Morgan fingerprint density at radius 3 is 2.00 bits per heavy atom. The average molecular weight is 291 g/mol. The van der Waals surface area contributed by atoms with Gasteiger partial charge in [0.25, 0.3) is 0 Å². The number of ether oxygens (including phenoxy) is 1. The van der Waals surface area contributed by atoms with Gasteiger partial charge in [-0.05, 0) is 50.3 Å². The molecule has 0 saturated carbocycles. The van der Waals surface area contributed by atoms with E-state index in [9.17, 15) is 0 Å². The van der Waals surface area contributed by atoms with Crippen LogP contribution in [0.5, 0.6) is 0 Å². The fraction of sp³-hybridized carbons (Fsp3) is 0.684. The van der Waals surface area contributed by atoms with Gasteiger partial charge in [-0.3, -0.25) is 0 Å². The molecule has 1 aromatic rings. The second-order valence-corrected chi connectivity index (χ2v) is 7.30. The van der Waals surface area contributed by atoms with Gasteiger partial charge in [0.15, 0.2) is 0 Å². The van der Waals surface area contributed by atoms with E-state index < -0.39 is 0 Å². The van der Waals surface area contributed by atoms with E-state index >= 15 is 0 Å². The number of benzene rings is 1. The molecular weight excluding hydrogens is 258 g/mol. The van der Waals surface area contributed by atoms with E-state index in [1.54, 1.807) is 0 Å². The van der Waals surface area contributed by atoms with Crippen LogP contribution in [-0.4, -0.2) is 24.8 Å². The first-order valence-corrected chi connectivity index (χ1v) is 8.17. The molecule has 1 rings (SSSR count). The summed E-state index contributed by atoms with van der Waals surface area (Å²) in [5, 5.41) is 3.58. The van der Waals surface area contributed by atoms with Gasteiger partial charge in [-0.15, -0.1) is 0 Å². The minimum atomic E-state index is -0.159. The maximum atomic E-state index is 5.93. The standard InChI is InChI=1S/C19H33NO/c1-8-20-17(19(6,7)21-9-2)14-15-10-12-16(13-11-15)18(3,4)5/h10-13,17,20H,8-9,14H2,1-7H3. The van der Waals surface area contributed by atoms with E-state index in [0.717, 1.165) is 19.6 Å². The lowest BCUT2D eigenvalue weighted by Gasteiger charge is -2.35. The molecule has 0 aliphatic carbocycles. The summed E-state index contributed by atoms with van der Waals surface area (Å²) in [5.41, 5.74) is 2.80. The van der Waals surface area contributed by atoms with Gasteiger partial charge in [0.2, 0.25) is 0 Å². The fourth-order valence-electron chi connectivity index (χ4n) is 2.66. The molecule has 0 radical (unpaired) electrons. The minimum absolute atomic E-state index is 0.159. The van der Waals surface area contributed by atoms with Crippen molar-refractivity contribution in [3.05, 3.63) is 35.4 Å². The lowest BCUT2D eigenvalue weighted by Crippen LogP contribution is -2.50. The van der Waals surface area contributed by atoms with Crippen molar-refractivity contribution in [2.45, 2.75) is 71.9 Å². The maximum absolute atomic E-state index is 5.93. The van der Waals surface area contributed by atoms with Crippen LogP contribution in [0.1, 0.15) is 59.6 Å². The van der Waals surface area contributed by atoms with Gasteiger partial charge in [-0.25, -0.2) is 0 Å². The first kappa shape index (κ1) is 18.2. The molecule has 2 heteroatoms. The van der Waals surface area contributed by atoms with Crippen LogP contribution in [0, 0.1) is 0 Å². The van der Waals surface area contributed by atoms with Gasteiger partial charge < -0.3 is 10.1 Å². The van der Waals surface area contributed by atoms with Gasteiger partial charge >= 0.3 is 0 Å². The average Bonchev–Trinajstić information content (AvgIpc) is 2.37. The van der Waals surface area contributed by atoms with Crippen LogP contribution < -0.4 is 5.32 Å². The molecule has 21 heavy (non-hydrogen) atoms. The Bertz CT molecular complexity index is 414. The lowest BCUT2D eigenvalue weighted by atomic mass is 9.85. The molecule has 120 valence electrons. The highest BCUT2D eigenvalue weighted by atomic mass is 16.5. The number of hydrogen-bond acceptors (Lipinski definition) is 2. The first-order valence-electron chi connectivity index (χ1n) is 8.17. The van der Waals surface area contributed by atoms with Gasteiger partial charge in [-0.2, -0.15) is 0 Å². The Labute approximate surface area is 131 Å². The van der Waals surface area contributed by atoms with Crippen molar-refractivity contribution in [2.75, 3.05) is 13.2 Å². The molecule has 1 N–H and O–H groups in total. The molecule has 0 heterocycles. The summed E-state index contributed by atoms with van der Waals surface area (Å²) in [6.07, 6.45) is 0.991. The zero-order valence-electron chi connectivity index (χ0n) is 14.9. The summed E-state index contributed by atoms with van der Waals surface area (Å²) in [4.78, 5) is 0. The highest BCUT2D eigenvalue weighted by molar-refractivity contribution is 5.28. The lowest BCUT2D eigenvalue weighted by molar-refractivity contribution is -0.0376. The van der Waals surface area contributed by atoms with E-state index in [1.165, 1.54) is 11.1 Å². The molecule has 0 spiro atoms. The summed E-state index contributed by atoms with van der Waals surface area (Å²) >= 11 is 0. The zero-order chi connectivity index (χ0) is 16.1. The van der Waals surface area contributed by atoms with E-state index in [0.29, 0.717) is 6.04 Å². The molecular formula is C19H33NO. The van der Waals surface area contributed by atoms with Crippen LogP contribution in [0.3, 0.4) is 0 Å². The highest BCUT2D eigenvalue weighted by Crippen LogP contribution is 2.24. The quantitative estimate of drug-likeness (QED) is 0.808. The van der Waals surface area contributed by atoms with Crippen LogP contribution in [0.25, 0.3) is 0 Å². The SMILES string of the molecule is CCNC(Cc1ccc(C(C)(C)C)cc1)C(C)(C)OCC. The molecule has 1 aromatic carbocycles. The predicted octanol–water partition coefficient (Wildman–Crippen LogP) is 4.32. The third-order valence-corrected chi connectivity index (χ3v) is 4.07. The smallest absolute Gasteiger partial charge is 0.0781 e. The van der Waals surface area contributed by atoms with Crippen LogP contribution in [0.2, 0.25) is 0 Å². The molecule has 0 aliphatic heterocycles. The normalized spacial score (nSPS) is 14.2. The monoisotopic (exact) mass is 291 g/mol. The third-order valence-electron chi connectivity index (χ3n) is 4.07. The van der Waals surface area contributed by atoms with Gasteiger partial charge in [0, 0.05) is 12.6 Å². The highest BCUT2D eigenvalue weighted by Gasteiger charge is 2.29. The molecule has 2 nitrogen and oxygen atoms in total. The van der Waals surface area contributed by atoms with Crippen molar-refractivity contribution in [3.8, 4) is 0 Å². The van der Waals surface area contributed by atoms with E-state index in [-0.39, 0.29) is 11.0 Å². The van der Waals surface area contributed by atoms with Gasteiger partial charge in [0.1, 0.15) is 0 Å². The summed E-state index contributed by atoms with van der Waals surface area (Å²) in [7, 11) is 0. The summed E-state index contributed by atoms with van der Waals surface area (Å²) in [5.74, 6) is 0. The first-order chi connectivity index (χ1) is 9.70. The number of rotatable bonds is 7. The molecule has 0 aromatic heterocycles. The summed E-state index contributed by atoms with van der Waals surface area (Å²) < 4.78 is 5.93.